The molecule has 0 radical (unpaired) electrons. The summed E-state index contributed by atoms with van der Waals surface area (Å²) in [4.78, 5) is 8.46. The number of piperidine rings is 1. The number of likely N-dealkylation sites (tertiary alicyclic amines) is 1. The Labute approximate surface area is 163 Å². The minimum atomic E-state index is 0.430. The molecule has 5 nitrogen and oxygen atoms in total. The van der Waals surface area contributed by atoms with E-state index in [9.17, 15) is 0 Å². The smallest absolute Gasteiger partial charge is 0.191 e. The van der Waals surface area contributed by atoms with E-state index >= 15 is 0 Å². The summed E-state index contributed by atoms with van der Waals surface area (Å²) in [7, 11) is 1.85. The van der Waals surface area contributed by atoms with E-state index in [0.717, 1.165) is 51.0 Å². The summed E-state index contributed by atoms with van der Waals surface area (Å²) in [6, 6.07) is 4.85. The summed E-state index contributed by atoms with van der Waals surface area (Å²) in [5, 5.41) is 9.15. The predicted molar refractivity (Wildman–Crippen MR) is 112 cm³/mol. The maximum absolute atomic E-state index is 5.38. The highest BCUT2D eigenvalue weighted by Gasteiger charge is 2.25. The zero-order valence-electron chi connectivity index (χ0n) is 16.7. The molecule has 0 amide bonds. The first kappa shape index (κ1) is 21.2. The van der Waals surface area contributed by atoms with Gasteiger partial charge in [-0.15, -0.1) is 11.3 Å². The van der Waals surface area contributed by atoms with E-state index in [0.29, 0.717) is 6.04 Å². The molecule has 1 aromatic rings. The third-order valence-corrected chi connectivity index (χ3v) is 6.00. The molecular weight excluding hydrogens is 344 g/mol. The summed E-state index contributed by atoms with van der Waals surface area (Å²) in [5.74, 6) is 1.75. The van der Waals surface area contributed by atoms with Gasteiger partial charge in [0.15, 0.2) is 5.96 Å². The number of rotatable bonds is 10. The van der Waals surface area contributed by atoms with Crippen LogP contribution in [0.1, 0.15) is 50.4 Å². The van der Waals surface area contributed by atoms with Crippen LogP contribution in [0.2, 0.25) is 0 Å². The fourth-order valence-corrected chi connectivity index (χ4v) is 4.19. The van der Waals surface area contributed by atoms with Crippen LogP contribution >= 0.6 is 11.3 Å². The molecule has 1 atom stereocenters. The molecule has 1 fully saturated rings. The molecule has 2 heterocycles. The average molecular weight is 381 g/mol. The second-order valence-corrected chi connectivity index (χ2v) is 8.01. The molecule has 2 N–H and O–H groups in total. The fraction of sp³-hybridized carbons (Fsp3) is 0.750. The molecule has 0 saturated carbocycles. The van der Waals surface area contributed by atoms with Gasteiger partial charge in [0.25, 0.3) is 0 Å². The van der Waals surface area contributed by atoms with E-state index in [2.05, 4.69) is 45.0 Å². The number of unbranched alkanes of at least 4 members (excludes halogenated alkanes) is 1. The Kier molecular flexibility index (Phi) is 10.0. The van der Waals surface area contributed by atoms with Crippen molar-refractivity contribution in [1.82, 2.24) is 15.5 Å². The fourth-order valence-electron chi connectivity index (χ4n) is 3.32. The largest absolute Gasteiger partial charge is 0.382 e. The second-order valence-electron chi connectivity index (χ2n) is 7.03. The Bertz CT molecular complexity index is 498. The molecule has 1 unspecified atom stereocenters. The number of guanidine groups is 1. The van der Waals surface area contributed by atoms with E-state index in [1.165, 1.54) is 30.8 Å². The molecular formula is C20H36N4OS. The second kappa shape index (κ2) is 12.3. The first-order chi connectivity index (χ1) is 12.7. The normalized spacial score (nSPS) is 18.0. The van der Waals surface area contributed by atoms with Crippen molar-refractivity contribution in [3.63, 3.8) is 0 Å². The lowest BCUT2D eigenvalue weighted by Gasteiger charge is -2.36. The topological polar surface area (TPSA) is 48.9 Å². The van der Waals surface area contributed by atoms with Crippen LogP contribution in [0.5, 0.6) is 0 Å². The average Bonchev–Trinajstić information content (AvgIpc) is 3.18. The molecule has 1 saturated heterocycles. The Hall–Kier alpha value is -1.11. The number of thiophene rings is 1. The van der Waals surface area contributed by atoms with Crippen molar-refractivity contribution in [3.05, 3.63) is 22.4 Å². The highest BCUT2D eigenvalue weighted by Crippen LogP contribution is 2.28. The van der Waals surface area contributed by atoms with Crippen LogP contribution in [0.3, 0.4) is 0 Å². The Morgan fingerprint density at radius 2 is 2.15 bits per heavy atom. The molecule has 6 heteroatoms. The van der Waals surface area contributed by atoms with Crippen molar-refractivity contribution in [2.75, 3.05) is 46.4 Å². The van der Waals surface area contributed by atoms with Gasteiger partial charge in [-0.05, 0) is 63.1 Å². The van der Waals surface area contributed by atoms with Crippen molar-refractivity contribution < 1.29 is 4.74 Å². The molecule has 148 valence electrons. The van der Waals surface area contributed by atoms with Crippen LogP contribution in [0.15, 0.2) is 22.5 Å². The van der Waals surface area contributed by atoms with E-state index in [1.54, 1.807) is 0 Å². The van der Waals surface area contributed by atoms with Gasteiger partial charge in [0, 0.05) is 38.2 Å². The molecule has 2 rings (SSSR count). The third kappa shape index (κ3) is 7.25. The number of nitrogens with zero attached hydrogens (tertiary/aromatic N) is 2. The van der Waals surface area contributed by atoms with E-state index in [4.69, 9.17) is 4.74 Å². The number of ether oxygens (including phenoxy) is 1. The maximum atomic E-state index is 5.38. The van der Waals surface area contributed by atoms with Gasteiger partial charge in [-0.3, -0.25) is 9.89 Å². The zero-order valence-corrected chi connectivity index (χ0v) is 17.5. The van der Waals surface area contributed by atoms with Gasteiger partial charge in [0.1, 0.15) is 0 Å². The van der Waals surface area contributed by atoms with Crippen molar-refractivity contribution in [2.24, 2.45) is 10.9 Å². The maximum Gasteiger partial charge on any atom is 0.191 e. The van der Waals surface area contributed by atoms with E-state index in [1.807, 2.05) is 25.3 Å². The quantitative estimate of drug-likeness (QED) is 0.370. The lowest BCUT2D eigenvalue weighted by Crippen LogP contribution is -2.45. The number of aliphatic imine (C=N–C) groups is 1. The lowest BCUT2D eigenvalue weighted by atomic mass is 9.97. The zero-order chi connectivity index (χ0) is 18.6. The van der Waals surface area contributed by atoms with Gasteiger partial charge < -0.3 is 15.4 Å². The molecule has 0 aliphatic carbocycles. The van der Waals surface area contributed by atoms with E-state index in [-0.39, 0.29) is 0 Å². The molecule has 1 aliphatic heterocycles. The summed E-state index contributed by atoms with van der Waals surface area (Å²) >= 11 is 1.86. The highest BCUT2D eigenvalue weighted by atomic mass is 32.1. The lowest BCUT2D eigenvalue weighted by molar-refractivity contribution is 0.140. The van der Waals surface area contributed by atoms with Gasteiger partial charge in [0.2, 0.25) is 0 Å². The number of nitrogens with one attached hydrogen (secondary N) is 2. The SMILES string of the molecule is CCOCCCCNC(=NC)NCC(c1cccs1)N1CCC(C)CC1. The monoisotopic (exact) mass is 380 g/mol. The van der Waals surface area contributed by atoms with Crippen LogP contribution < -0.4 is 10.6 Å². The predicted octanol–water partition coefficient (Wildman–Crippen LogP) is 3.50. The van der Waals surface area contributed by atoms with Crippen LogP contribution in [-0.2, 0) is 4.74 Å². The summed E-state index contributed by atoms with van der Waals surface area (Å²) < 4.78 is 5.38. The molecule has 1 aromatic heterocycles. The molecule has 0 aromatic carbocycles. The molecule has 26 heavy (non-hydrogen) atoms. The van der Waals surface area contributed by atoms with Gasteiger partial charge in [-0.2, -0.15) is 0 Å². The van der Waals surface area contributed by atoms with Crippen molar-refractivity contribution in [3.8, 4) is 0 Å². The van der Waals surface area contributed by atoms with Crippen LogP contribution in [0.25, 0.3) is 0 Å². The van der Waals surface area contributed by atoms with Crippen molar-refractivity contribution in [2.45, 2.75) is 45.6 Å². The Morgan fingerprint density at radius 3 is 2.81 bits per heavy atom. The van der Waals surface area contributed by atoms with Gasteiger partial charge in [0.05, 0.1) is 6.04 Å². The summed E-state index contributed by atoms with van der Waals surface area (Å²) in [6.45, 7) is 10.3. The van der Waals surface area contributed by atoms with Gasteiger partial charge in [-0.1, -0.05) is 13.0 Å². The van der Waals surface area contributed by atoms with Crippen molar-refractivity contribution >= 4 is 17.3 Å². The first-order valence-electron chi connectivity index (χ1n) is 10.0. The Morgan fingerprint density at radius 1 is 1.35 bits per heavy atom. The van der Waals surface area contributed by atoms with Crippen LogP contribution in [0, 0.1) is 5.92 Å². The number of hydrogen-bond donors (Lipinski definition) is 2. The molecule has 0 spiro atoms. The Balaban J connectivity index is 1.79. The summed E-state index contributed by atoms with van der Waals surface area (Å²) in [6.07, 6.45) is 4.78. The third-order valence-electron chi connectivity index (χ3n) is 5.03. The van der Waals surface area contributed by atoms with Gasteiger partial charge in [-0.25, -0.2) is 0 Å². The molecule has 0 bridgehead atoms. The van der Waals surface area contributed by atoms with Crippen LogP contribution in [-0.4, -0.2) is 57.3 Å². The van der Waals surface area contributed by atoms with E-state index < -0.39 is 0 Å². The summed E-state index contributed by atoms with van der Waals surface area (Å²) in [5.41, 5.74) is 0. The van der Waals surface area contributed by atoms with Crippen molar-refractivity contribution in [1.29, 1.82) is 0 Å². The molecule has 1 aliphatic rings. The standard InChI is InChI=1S/C20H36N4OS/c1-4-25-14-6-5-11-22-20(21-3)23-16-18(19-8-7-15-26-19)24-12-9-17(2)10-13-24/h7-8,15,17-18H,4-6,9-14,16H2,1-3H3,(H2,21,22,23). The number of hydrogen-bond acceptors (Lipinski definition) is 4. The van der Waals surface area contributed by atoms with Gasteiger partial charge >= 0.3 is 0 Å². The first-order valence-corrected chi connectivity index (χ1v) is 10.9. The van der Waals surface area contributed by atoms with Crippen LogP contribution in [0.4, 0.5) is 0 Å². The minimum Gasteiger partial charge on any atom is -0.382 e. The minimum absolute atomic E-state index is 0.430. The highest BCUT2D eigenvalue weighted by molar-refractivity contribution is 7.10.